The van der Waals surface area contributed by atoms with E-state index in [4.69, 9.17) is 21.1 Å². The van der Waals surface area contributed by atoms with E-state index in [1.54, 1.807) is 25.3 Å². The molecule has 0 saturated carbocycles. The van der Waals surface area contributed by atoms with Gasteiger partial charge in [-0.15, -0.1) is 0 Å². The van der Waals surface area contributed by atoms with Gasteiger partial charge >= 0.3 is 0 Å². The Bertz CT molecular complexity index is 638. The quantitative estimate of drug-likeness (QED) is 0.889. The highest BCUT2D eigenvalue weighted by Crippen LogP contribution is 2.29. The number of piperidine rings is 1. The molecule has 0 aromatic heterocycles. The van der Waals surface area contributed by atoms with Gasteiger partial charge in [-0.1, -0.05) is 11.6 Å². The minimum absolute atomic E-state index is 0.0628. The first-order valence-electron chi connectivity index (χ1n) is 8.63. The Balaban J connectivity index is 1.55. The van der Waals surface area contributed by atoms with Gasteiger partial charge in [0.25, 0.3) is 5.91 Å². The summed E-state index contributed by atoms with van der Waals surface area (Å²) in [5.74, 6) is 0.443. The maximum Gasteiger partial charge on any atom is 0.251 e. The van der Waals surface area contributed by atoms with Gasteiger partial charge in [0, 0.05) is 30.6 Å². The second kappa shape index (κ2) is 8.06. The molecule has 1 N–H and O–H groups in total. The smallest absolute Gasteiger partial charge is 0.251 e. The number of methoxy groups -OCH3 is 1. The first-order chi connectivity index (χ1) is 12.1. The molecule has 2 heterocycles. The number of likely N-dealkylation sites (tertiary alicyclic amines) is 1. The van der Waals surface area contributed by atoms with Crippen molar-refractivity contribution < 1.29 is 19.1 Å². The van der Waals surface area contributed by atoms with Crippen LogP contribution in [0.15, 0.2) is 18.2 Å². The zero-order chi connectivity index (χ0) is 17.8. The number of halogens is 1. The van der Waals surface area contributed by atoms with E-state index in [-0.39, 0.29) is 23.8 Å². The summed E-state index contributed by atoms with van der Waals surface area (Å²) in [5, 5.41) is 3.43. The van der Waals surface area contributed by atoms with Crippen LogP contribution in [0.5, 0.6) is 5.75 Å². The highest BCUT2D eigenvalue weighted by molar-refractivity contribution is 6.31. The molecule has 1 aromatic carbocycles. The second-order valence-corrected chi connectivity index (χ2v) is 6.87. The Kier molecular flexibility index (Phi) is 5.81. The molecule has 1 unspecified atom stereocenters. The van der Waals surface area contributed by atoms with E-state index in [2.05, 4.69) is 5.32 Å². The zero-order valence-corrected chi connectivity index (χ0v) is 15.1. The summed E-state index contributed by atoms with van der Waals surface area (Å²) in [6.45, 7) is 1.84. The molecule has 7 heteroatoms. The molecule has 25 heavy (non-hydrogen) atoms. The summed E-state index contributed by atoms with van der Waals surface area (Å²) in [6.07, 6.45) is 2.74. The Morgan fingerprint density at radius 2 is 2.04 bits per heavy atom. The van der Waals surface area contributed by atoms with Crippen LogP contribution in [0.1, 0.15) is 25.7 Å². The normalized spacial score (nSPS) is 21.2. The standard InChI is InChI=1S/C18H23ClN2O4/c1-24-15-5-4-13(19)11-14(15)20-17(22)12-6-8-21(9-7-12)18(23)16-3-2-10-25-16/h4-5,11-12,16H,2-3,6-10H2,1H3,(H,20,22). The number of hydrogen-bond acceptors (Lipinski definition) is 4. The lowest BCUT2D eigenvalue weighted by Gasteiger charge is -2.32. The number of rotatable bonds is 4. The number of hydrogen-bond donors (Lipinski definition) is 1. The minimum Gasteiger partial charge on any atom is -0.495 e. The molecule has 136 valence electrons. The second-order valence-electron chi connectivity index (χ2n) is 6.44. The zero-order valence-electron chi connectivity index (χ0n) is 14.3. The minimum atomic E-state index is -0.291. The number of ether oxygens (including phenoxy) is 2. The number of anilines is 1. The number of amides is 2. The van der Waals surface area contributed by atoms with Gasteiger partial charge in [0.2, 0.25) is 5.91 Å². The van der Waals surface area contributed by atoms with E-state index in [0.717, 1.165) is 12.8 Å². The number of carbonyl (C=O) groups is 2. The summed E-state index contributed by atoms with van der Waals surface area (Å²) < 4.78 is 10.7. The topological polar surface area (TPSA) is 67.9 Å². The lowest BCUT2D eigenvalue weighted by molar-refractivity contribution is -0.143. The van der Waals surface area contributed by atoms with Crippen molar-refractivity contribution in [2.45, 2.75) is 31.8 Å². The fraction of sp³-hybridized carbons (Fsp3) is 0.556. The van der Waals surface area contributed by atoms with Gasteiger partial charge in [-0.3, -0.25) is 9.59 Å². The van der Waals surface area contributed by atoms with E-state index in [0.29, 0.717) is 49.0 Å². The third-order valence-electron chi connectivity index (χ3n) is 4.80. The first kappa shape index (κ1) is 18.0. The fourth-order valence-electron chi connectivity index (χ4n) is 3.35. The van der Waals surface area contributed by atoms with Crippen LogP contribution in [0, 0.1) is 5.92 Å². The Labute approximate surface area is 152 Å². The molecule has 2 fully saturated rings. The molecule has 2 aliphatic heterocycles. The molecule has 1 aromatic rings. The van der Waals surface area contributed by atoms with Gasteiger partial charge < -0.3 is 19.7 Å². The van der Waals surface area contributed by atoms with E-state index in [9.17, 15) is 9.59 Å². The van der Waals surface area contributed by atoms with Crippen molar-refractivity contribution in [2.24, 2.45) is 5.92 Å². The van der Waals surface area contributed by atoms with Crippen LogP contribution in [0.25, 0.3) is 0 Å². The average Bonchev–Trinajstić information content (AvgIpc) is 3.16. The van der Waals surface area contributed by atoms with Crippen molar-refractivity contribution in [1.29, 1.82) is 0 Å². The van der Waals surface area contributed by atoms with Crippen molar-refractivity contribution in [3.63, 3.8) is 0 Å². The van der Waals surface area contributed by atoms with Gasteiger partial charge in [0.05, 0.1) is 12.8 Å². The van der Waals surface area contributed by atoms with Crippen LogP contribution in [0.4, 0.5) is 5.69 Å². The Morgan fingerprint density at radius 3 is 2.68 bits per heavy atom. The molecule has 1 atom stereocenters. The van der Waals surface area contributed by atoms with Crippen molar-refractivity contribution >= 4 is 29.1 Å². The van der Waals surface area contributed by atoms with Crippen LogP contribution in [0.2, 0.25) is 5.02 Å². The van der Waals surface area contributed by atoms with Crippen LogP contribution >= 0.6 is 11.6 Å². The van der Waals surface area contributed by atoms with E-state index < -0.39 is 0 Å². The number of nitrogens with zero attached hydrogens (tertiary/aromatic N) is 1. The summed E-state index contributed by atoms with van der Waals surface area (Å²) in [4.78, 5) is 26.7. The van der Waals surface area contributed by atoms with Crippen molar-refractivity contribution in [1.82, 2.24) is 4.90 Å². The molecule has 2 aliphatic rings. The molecule has 0 bridgehead atoms. The van der Waals surface area contributed by atoms with Crippen LogP contribution in [-0.4, -0.2) is 49.6 Å². The monoisotopic (exact) mass is 366 g/mol. The molecule has 0 spiro atoms. The first-order valence-corrected chi connectivity index (χ1v) is 9.01. The van der Waals surface area contributed by atoms with E-state index in [1.807, 2.05) is 4.90 Å². The van der Waals surface area contributed by atoms with Crippen LogP contribution in [0.3, 0.4) is 0 Å². The highest BCUT2D eigenvalue weighted by atomic mass is 35.5. The Morgan fingerprint density at radius 1 is 1.28 bits per heavy atom. The predicted molar refractivity (Wildman–Crippen MR) is 94.9 cm³/mol. The molecular weight excluding hydrogens is 344 g/mol. The summed E-state index contributed by atoms with van der Waals surface area (Å²) in [6, 6.07) is 5.11. The molecular formula is C18H23ClN2O4. The molecule has 2 saturated heterocycles. The van der Waals surface area contributed by atoms with Crippen molar-refractivity contribution in [3.8, 4) is 5.75 Å². The van der Waals surface area contributed by atoms with Gasteiger partial charge in [-0.2, -0.15) is 0 Å². The Hall–Kier alpha value is -1.79. The van der Waals surface area contributed by atoms with E-state index >= 15 is 0 Å². The van der Waals surface area contributed by atoms with Crippen LogP contribution < -0.4 is 10.1 Å². The number of carbonyl (C=O) groups excluding carboxylic acids is 2. The van der Waals surface area contributed by atoms with Crippen molar-refractivity contribution in [3.05, 3.63) is 23.2 Å². The molecule has 0 radical (unpaired) electrons. The summed E-state index contributed by atoms with van der Waals surface area (Å²) in [7, 11) is 1.55. The predicted octanol–water partition coefficient (Wildman–Crippen LogP) is 2.70. The van der Waals surface area contributed by atoms with Gasteiger partial charge in [0.1, 0.15) is 11.9 Å². The third kappa shape index (κ3) is 4.25. The third-order valence-corrected chi connectivity index (χ3v) is 5.04. The maximum absolute atomic E-state index is 12.5. The van der Waals surface area contributed by atoms with E-state index in [1.165, 1.54) is 0 Å². The molecule has 3 rings (SSSR count). The molecule has 0 aliphatic carbocycles. The largest absolute Gasteiger partial charge is 0.495 e. The maximum atomic E-state index is 12.5. The highest BCUT2D eigenvalue weighted by Gasteiger charge is 2.32. The molecule has 2 amide bonds. The lowest BCUT2D eigenvalue weighted by atomic mass is 9.95. The number of benzene rings is 1. The SMILES string of the molecule is COc1ccc(Cl)cc1NC(=O)C1CCN(C(=O)C2CCCO2)CC1. The summed E-state index contributed by atoms with van der Waals surface area (Å²) >= 11 is 6.00. The molecule has 6 nitrogen and oxygen atoms in total. The summed E-state index contributed by atoms with van der Waals surface area (Å²) in [5.41, 5.74) is 0.567. The average molecular weight is 367 g/mol. The number of nitrogens with one attached hydrogen (secondary N) is 1. The van der Waals surface area contributed by atoms with Gasteiger partial charge in [-0.05, 0) is 43.9 Å². The fourth-order valence-corrected chi connectivity index (χ4v) is 3.52. The lowest BCUT2D eigenvalue weighted by Crippen LogP contribution is -2.45. The van der Waals surface area contributed by atoms with Crippen molar-refractivity contribution in [2.75, 3.05) is 32.1 Å². The van der Waals surface area contributed by atoms with Gasteiger partial charge in [-0.25, -0.2) is 0 Å². The van der Waals surface area contributed by atoms with Gasteiger partial charge in [0.15, 0.2) is 0 Å². The van der Waals surface area contributed by atoms with Crippen LogP contribution in [-0.2, 0) is 14.3 Å².